The molecule has 3 nitrogen and oxygen atoms in total. The number of aliphatic hydroxyl groups excluding tert-OH is 1. The average molecular weight is 228 g/mol. The van der Waals surface area contributed by atoms with Gasteiger partial charge in [0.15, 0.2) is 0 Å². The van der Waals surface area contributed by atoms with Gasteiger partial charge < -0.3 is 9.84 Å². The van der Waals surface area contributed by atoms with Gasteiger partial charge in [-0.25, -0.2) is 0 Å². The molecule has 0 bridgehead atoms. The van der Waals surface area contributed by atoms with E-state index in [2.05, 4.69) is 6.92 Å². The van der Waals surface area contributed by atoms with Gasteiger partial charge >= 0.3 is 5.97 Å². The summed E-state index contributed by atoms with van der Waals surface area (Å²) >= 11 is 0. The number of unbranched alkanes of at least 4 members (excludes halogenated alkanes) is 1. The zero-order valence-electron chi connectivity index (χ0n) is 10.4. The second-order valence-electron chi connectivity index (χ2n) is 4.87. The lowest BCUT2D eigenvalue weighted by atomic mass is 9.80. The van der Waals surface area contributed by atoms with Crippen molar-refractivity contribution < 1.29 is 14.6 Å². The number of carbonyl (C=O) groups excluding carboxylic acids is 1. The number of hydrogen-bond donors (Lipinski definition) is 1. The highest BCUT2D eigenvalue weighted by molar-refractivity contribution is 5.72. The third kappa shape index (κ3) is 4.12. The molecule has 0 amide bonds. The summed E-state index contributed by atoms with van der Waals surface area (Å²) in [7, 11) is 0. The van der Waals surface area contributed by atoms with Crippen LogP contribution < -0.4 is 0 Å². The van der Waals surface area contributed by atoms with Crippen LogP contribution in [0.4, 0.5) is 0 Å². The molecule has 0 aromatic carbocycles. The van der Waals surface area contributed by atoms with Crippen LogP contribution in [0.2, 0.25) is 0 Å². The first-order chi connectivity index (χ1) is 7.65. The lowest BCUT2D eigenvalue weighted by Crippen LogP contribution is -2.28. The summed E-state index contributed by atoms with van der Waals surface area (Å²) in [6.45, 7) is 4.48. The summed E-state index contributed by atoms with van der Waals surface area (Å²) in [5.74, 6) is 0.420. The number of esters is 1. The normalized spacial score (nSPS) is 27.4. The predicted molar refractivity (Wildman–Crippen MR) is 63.0 cm³/mol. The van der Waals surface area contributed by atoms with E-state index in [-0.39, 0.29) is 18.0 Å². The Hall–Kier alpha value is -0.570. The molecule has 1 rings (SSSR count). The lowest BCUT2D eigenvalue weighted by molar-refractivity contribution is -0.150. The summed E-state index contributed by atoms with van der Waals surface area (Å²) in [6.07, 6.45) is 5.42. The van der Waals surface area contributed by atoms with E-state index in [9.17, 15) is 9.90 Å². The minimum atomic E-state index is -0.239. The molecule has 1 aliphatic rings. The van der Waals surface area contributed by atoms with Crippen molar-refractivity contribution in [3.63, 3.8) is 0 Å². The molecule has 1 saturated carbocycles. The summed E-state index contributed by atoms with van der Waals surface area (Å²) in [4.78, 5) is 11.7. The van der Waals surface area contributed by atoms with Crippen molar-refractivity contribution in [2.75, 3.05) is 6.61 Å². The van der Waals surface area contributed by atoms with Gasteiger partial charge in [-0.15, -0.1) is 0 Å². The highest BCUT2D eigenvalue weighted by Crippen LogP contribution is 2.31. The quantitative estimate of drug-likeness (QED) is 0.581. The molecule has 1 N–H and O–H groups in total. The van der Waals surface area contributed by atoms with Crippen LogP contribution in [-0.2, 0) is 9.53 Å². The molecular formula is C13H24O3. The number of ether oxygens (including phenoxy) is 1. The van der Waals surface area contributed by atoms with Crippen molar-refractivity contribution >= 4 is 5.97 Å². The molecule has 0 radical (unpaired) electrons. The van der Waals surface area contributed by atoms with Crippen LogP contribution in [0.3, 0.4) is 0 Å². The van der Waals surface area contributed by atoms with Crippen molar-refractivity contribution in [2.24, 2.45) is 11.8 Å². The van der Waals surface area contributed by atoms with Crippen molar-refractivity contribution in [3.8, 4) is 0 Å². The largest absolute Gasteiger partial charge is 0.465 e. The number of carbonyl (C=O) groups is 1. The van der Waals surface area contributed by atoms with Gasteiger partial charge in [-0.05, 0) is 44.9 Å². The van der Waals surface area contributed by atoms with E-state index in [1.165, 1.54) is 0 Å². The van der Waals surface area contributed by atoms with E-state index >= 15 is 0 Å². The van der Waals surface area contributed by atoms with Crippen molar-refractivity contribution in [2.45, 2.75) is 58.5 Å². The molecule has 1 unspecified atom stereocenters. The third-order valence-corrected chi connectivity index (χ3v) is 3.53. The fourth-order valence-electron chi connectivity index (χ4n) is 2.27. The Morgan fingerprint density at radius 1 is 1.38 bits per heavy atom. The number of hydrogen-bond acceptors (Lipinski definition) is 3. The molecular weight excluding hydrogens is 204 g/mol. The fraction of sp³-hybridized carbons (Fsp3) is 0.923. The van der Waals surface area contributed by atoms with Gasteiger partial charge in [-0.3, -0.25) is 4.79 Å². The van der Waals surface area contributed by atoms with Gasteiger partial charge in [0.1, 0.15) is 0 Å². The second-order valence-corrected chi connectivity index (χ2v) is 4.87. The molecule has 1 atom stereocenters. The Kier molecular flexibility index (Phi) is 5.81. The van der Waals surface area contributed by atoms with Crippen molar-refractivity contribution in [3.05, 3.63) is 0 Å². The van der Waals surface area contributed by atoms with E-state index in [1.54, 1.807) is 0 Å². The summed E-state index contributed by atoms with van der Waals surface area (Å²) < 4.78 is 5.22. The number of aliphatic hydroxyl groups is 1. The molecule has 1 aliphatic carbocycles. The van der Waals surface area contributed by atoms with Gasteiger partial charge in [0.2, 0.25) is 0 Å². The molecule has 94 valence electrons. The molecule has 0 aromatic rings. The smallest absolute Gasteiger partial charge is 0.308 e. The molecule has 16 heavy (non-hydrogen) atoms. The Morgan fingerprint density at radius 2 is 2.00 bits per heavy atom. The monoisotopic (exact) mass is 228 g/mol. The first-order valence-corrected chi connectivity index (χ1v) is 6.49. The van der Waals surface area contributed by atoms with Crippen LogP contribution in [0, 0.1) is 11.8 Å². The van der Waals surface area contributed by atoms with Gasteiger partial charge in [-0.2, -0.15) is 0 Å². The average Bonchev–Trinajstić information content (AvgIpc) is 2.29. The SMILES string of the molecule is CCCCOC(=O)[C@H]1CC[C@H](C(C)O)CC1. The van der Waals surface area contributed by atoms with E-state index in [0.29, 0.717) is 12.5 Å². The molecule has 1 fully saturated rings. The van der Waals surface area contributed by atoms with Crippen LogP contribution in [-0.4, -0.2) is 23.8 Å². The maximum Gasteiger partial charge on any atom is 0.308 e. The maximum atomic E-state index is 11.7. The molecule has 0 spiro atoms. The van der Waals surface area contributed by atoms with Crippen LogP contribution in [0.15, 0.2) is 0 Å². The zero-order valence-corrected chi connectivity index (χ0v) is 10.4. The van der Waals surface area contributed by atoms with Crippen LogP contribution in [0.1, 0.15) is 52.4 Å². The molecule has 0 heterocycles. The summed E-state index contributed by atoms with van der Waals surface area (Å²) in [5.41, 5.74) is 0. The van der Waals surface area contributed by atoms with Crippen LogP contribution >= 0.6 is 0 Å². The van der Waals surface area contributed by atoms with Gasteiger partial charge in [0, 0.05) is 0 Å². The van der Waals surface area contributed by atoms with Crippen LogP contribution in [0.25, 0.3) is 0 Å². The van der Waals surface area contributed by atoms with E-state index in [4.69, 9.17) is 4.74 Å². The van der Waals surface area contributed by atoms with Crippen molar-refractivity contribution in [1.82, 2.24) is 0 Å². The standard InChI is InChI=1S/C13H24O3/c1-3-4-9-16-13(15)12-7-5-11(6-8-12)10(2)14/h10-12,14H,3-9H2,1-2H3/t10?,11-,12-. The zero-order chi connectivity index (χ0) is 12.0. The van der Waals surface area contributed by atoms with Crippen LogP contribution in [0.5, 0.6) is 0 Å². The molecule has 0 aromatic heterocycles. The topological polar surface area (TPSA) is 46.5 Å². The minimum Gasteiger partial charge on any atom is -0.465 e. The second kappa shape index (κ2) is 6.89. The third-order valence-electron chi connectivity index (χ3n) is 3.53. The van der Waals surface area contributed by atoms with Gasteiger partial charge in [0.25, 0.3) is 0 Å². The van der Waals surface area contributed by atoms with E-state index in [0.717, 1.165) is 38.5 Å². The fourth-order valence-corrected chi connectivity index (χ4v) is 2.27. The summed E-state index contributed by atoms with van der Waals surface area (Å²) in [6, 6.07) is 0. The Labute approximate surface area is 98.2 Å². The lowest BCUT2D eigenvalue weighted by Gasteiger charge is -2.28. The Morgan fingerprint density at radius 3 is 2.50 bits per heavy atom. The predicted octanol–water partition coefficient (Wildman–Crippen LogP) is 2.52. The Bertz CT molecular complexity index is 205. The highest BCUT2D eigenvalue weighted by atomic mass is 16.5. The van der Waals surface area contributed by atoms with Crippen molar-refractivity contribution in [1.29, 1.82) is 0 Å². The maximum absolute atomic E-state index is 11.7. The van der Waals surface area contributed by atoms with Gasteiger partial charge in [0.05, 0.1) is 18.6 Å². The van der Waals surface area contributed by atoms with E-state index in [1.807, 2.05) is 6.92 Å². The molecule has 0 saturated heterocycles. The summed E-state index contributed by atoms with van der Waals surface area (Å²) in [5, 5.41) is 9.46. The van der Waals surface area contributed by atoms with E-state index < -0.39 is 0 Å². The molecule has 0 aliphatic heterocycles. The highest BCUT2D eigenvalue weighted by Gasteiger charge is 2.29. The first kappa shape index (κ1) is 13.5. The Balaban J connectivity index is 2.22. The van der Waals surface area contributed by atoms with Gasteiger partial charge in [-0.1, -0.05) is 13.3 Å². The molecule has 3 heteroatoms. The number of rotatable bonds is 5. The minimum absolute atomic E-state index is 0.0301. The first-order valence-electron chi connectivity index (χ1n) is 6.49.